The van der Waals surface area contributed by atoms with Crippen molar-refractivity contribution in [2.75, 3.05) is 39.3 Å². The molecule has 2 aromatic carbocycles. The second kappa shape index (κ2) is 11.3. The number of hydrogen-bond acceptors (Lipinski definition) is 6. The molecule has 36 heavy (non-hydrogen) atoms. The highest BCUT2D eigenvalue weighted by atomic mass is 35.5. The summed E-state index contributed by atoms with van der Waals surface area (Å²) in [5.41, 5.74) is 5.16. The third-order valence-corrected chi connectivity index (χ3v) is 7.39. The third kappa shape index (κ3) is 4.63. The quantitative estimate of drug-likeness (QED) is 0.470. The molecule has 2 atom stereocenters. The summed E-state index contributed by atoms with van der Waals surface area (Å²) < 4.78 is 0. The zero-order valence-corrected chi connectivity index (χ0v) is 22.2. The van der Waals surface area contributed by atoms with E-state index in [2.05, 4.69) is 36.6 Å². The number of piperazine rings is 2. The number of nitrogens with one attached hydrogen (secondary N) is 2. The van der Waals surface area contributed by atoms with Crippen LogP contribution in [0.3, 0.4) is 0 Å². The SMILES string of the molecule is CCc1cc(O)c2c(c1)[C@@H]1CNCCN1C2=O.CCc1cc(O)c2c(c1)[C@H]1CNCCN1C2=O.Cl.Cl. The number of amides is 2. The lowest BCUT2D eigenvalue weighted by Gasteiger charge is -2.30. The Hall–Kier alpha value is -2.52. The number of carbonyl (C=O) groups is 2. The zero-order chi connectivity index (χ0) is 24.0. The van der Waals surface area contributed by atoms with Gasteiger partial charge in [-0.1, -0.05) is 26.0 Å². The summed E-state index contributed by atoms with van der Waals surface area (Å²) in [5.74, 6) is 0.232. The first kappa shape index (κ1) is 28.1. The van der Waals surface area contributed by atoms with E-state index in [1.807, 2.05) is 9.80 Å². The maximum atomic E-state index is 12.2. The van der Waals surface area contributed by atoms with Crippen molar-refractivity contribution >= 4 is 36.6 Å². The maximum Gasteiger partial charge on any atom is 0.258 e. The van der Waals surface area contributed by atoms with E-state index in [1.165, 1.54) is 0 Å². The van der Waals surface area contributed by atoms with Gasteiger partial charge in [-0.05, 0) is 47.2 Å². The third-order valence-electron chi connectivity index (χ3n) is 7.39. The Morgan fingerprint density at radius 1 is 0.750 bits per heavy atom. The van der Waals surface area contributed by atoms with Gasteiger partial charge in [0.15, 0.2) is 0 Å². The largest absolute Gasteiger partial charge is 0.507 e. The van der Waals surface area contributed by atoms with Gasteiger partial charge in [0, 0.05) is 39.3 Å². The number of phenols is 2. The molecular formula is C26H34Cl2N4O4. The molecule has 4 aliphatic heterocycles. The Labute approximate surface area is 223 Å². The summed E-state index contributed by atoms with van der Waals surface area (Å²) >= 11 is 0. The minimum absolute atomic E-state index is 0. The van der Waals surface area contributed by atoms with Crippen LogP contribution in [-0.2, 0) is 12.8 Å². The predicted octanol–water partition coefficient (Wildman–Crippen LogP) is 2.95. The van der Waals surface area contributed by atoms with Crippen LogP contribution in [0.25, 0.3) is 0 Å². The van der Waals surface area contributed by atoms with Gasteiger partial charge >= 0.3 is 0 Å². The van der Waals surface area contributed by atoms with Crippen molar-refractivity contribution in [2.24, 2.45) is 0 Å². The number of hydrogen-bond donors (Lipinski definition) is 4. The standard InChI is InChI=1S/2C13H16N2O2.2ClH/c2*1-2-8-5-9-10-7-14-3-4-15(10)13(17)12(9)11(16)6-8;;/h2*5-6,10,14,16H,2-4,7H2,1H3;2*1H/t2*10-;;/m10../s1. The number of aryl methyl sites for hydroxylation is 2. The van der Waals surface area contributed by atoms with E-state index >= 15 is 0 Å². The number of halogens is 2. The van der Waals surface area contributed by atoms with Gasteiger partial charge in [0.05, 0.1) is 23.2 Å². The molecule has 196 valence electrons. The smallest absolute Gasteiger partial charge is 0.258 e. The maximum absolute atomic E-state index is 12.2. The lowest BCUT2D eigenvalue weighted by atomic mass is 9.99. The molecule has 4 aliphatic rings. The van der Waals surface area contributed by atoms with Gasteiger partial charge in [0.2, 0.25) is 0 Å². The van der Waals surface area contributed by atoms with Gasteiger partial charge in [-0.3, -0.25) is 9.59 Å². The first-order valence-corrected chi connectivity index (χ1v) is 12.2. The molecule has 4 N–H and O–H groups in total. The Bertz CT molecular complexity index is 1070. The van der Waals surface area contributed by atoms with Gasteiger partial charge in [0.25, 0.3) is 11.8 Å². The van der Waals surface area contributed by atoms with Crippen molar-refractivity contribution in [3.05, 3.63) is 57.6 Å². The normalized spacial score (nSPS) is 21.3. The molecule has 2 fully saturated rings. The van der Waals surface area contributed by atoms with E-state index in [-0.39, 0.29) is 60.2 Å². The molecule has 0 radical (unpaired) electrons. The van der Waals surface area contributed by atoms with Gasteiger partial charge < -0.3 is 30.6 Å². The number of carbonyl (C=O) groups excluding carboxylic acids is 2. The zero-order valence-electron chi connectivity index (χ0n) is 20.5. The van der Waals surface area contributed by atoms with Gasteiger partial charge in [-0.15, -0.1) is 24.8 Å². The Morgan fingerprint density at radius 3 is 1.50 bits per heavy atom. The minimum atomic E-state index is -0.0216. The Kier molecular flexibility index (Phi) is 8.77. The minimum Gasteiger partial charge on any atom is -0.507 e. The molecule has 0 aliphatic carbocycles. The van der Waals surface area contributed by atoms with Crippen molar-refractivity contribution in [1.82, 2.24) is 20.4 Å². The number of nitrogens with zero attached hydrogens (tertiary/aromatic N) is 2. The van der Waals surface area contributed by atoms with Gasteiger partial charge in [-0.2, -0.15) is 0 Å². The van der Waals surface area contributed by atoms with Crippen molar-refractivity contribution in [1.29, 1.82) is 0 Å². The molecule has 8 nitrogen and oxygen atoms in total. The summed E-state index contributed by atoms with van der Waals surface area (Å²) in [6, 6.07) is 7.74. The van der Waals surface area contributed by atoms with Crippen LogP contribution >= 0.6 is 24.8 Å². The summed E-state index contributed by atoms with van der Waals surface area (Å²) in [4.78, 5) is 28.1. The first-order chi connectivity index (χ1) is 16.4. The van der Waals surface area contributed by atoms with Crippen LogP contribution < -0.4 is 10.6 Å². The van der Waals surface area contributed by atoms with E-state index in [9.17, 15) is 19.8 Å². The molecule has 2 amide bonds. The molecule has 0 saturated carbocycles. The van der Waals surface area contributed by atoms with Crippen LogP contribution in [0.4, 0.5) is 0 Å². The van der Waals surface area contributed by atoms with Gasteiger partial charge in [0.1, 0.15) is 11.5 Å². The van der Waals surface area contributed by atoms with Gasteiger partial charge in [-0.25, -0.2) is 0 Å². The summed E-state index contributed by atoms with van der Waals surface area (Å²) in [6.45, 7) is 8.77. The van der Waals surface area contributed by atoms with Crippen LogP contribution in [0.2, 0.25) is 0 Å². The summed E-state index contributed by atoms with van der Waals surface area (Å²) in [7, 11) is 0. The average molecular weight is 537 g/mol. The molecule has 0 aromatic heterocycles. The molecule has 2 aromatic rings. The molecule has 4 heterocycles. The first-order valence-electron chi connectivity index (χ1n) is 12.2. The number of fused-ring (bicyclic) bond motifs is 6. The van der Waals surface area contributed by atoms with Crippen molar-refractivity contribution in [3.8, 4) is 11.5 Å². The van der Waals surface area contributed by atoms with Crippen LogP contribution in [0.5, 0.6) is 11.5 Å². The van der Waals surface area contributed by atoms with Crippen LogP contribution in [0.15, 0.2) is 24.3 Å². The predicted molar refractivity (Wildman–Crippen MR) is 143 cm³/mol. The second-order valence-corrected chi connectivity index (χ2v) is 9.30. The fourth-order valence-corrected chi connectivity index (χ4v) is 5.56. The van der Waals surface area contributed by atoms with E-state index in [1.54, 1.807) is 12.1 Å². The molecule has 2 saturated heterocycles. The molecular weight excluding hydrogens is 503 g/mol. The van der Waals surface area contributed by atoms with Crippen LogP contribution in [0, 0.1) is 0 Å². The Balaban J connectivity index is 0.000000190. The van der Waals surface area contributed by atoms with Crippen LogP contribution in [-0.4, -0.2) is 71.1 Å². The van der Waals surface area contributed by atoms with E-state index in [4.69, 9.17) is 0 Å². The molecule has 0 unspecified atom stereocenters. The van der Waals surface area contributed by atoms with Crippen molar-refractivity contribution in [2.45, 2.75) is 38.8 Å². The topological polar surface area (TPSA) is 105 Å². The lowest BCUT2D eigenvalue weighted by Crippen LogP contribution is -2.44. The average Bonchev–Trinajstić information content (AvgIpc) is 3.32. The molecule has 0 spiro atoms. The highest BCUT2D eigenvalue weighted by Crippen LogP contribution is 2.40. The van der Waals surface area contributed by atoms with Crippen molar-refractivity contribution in [3.63, 3.8) is 0 Å². The number of benzene rings is 2. The van der Waals surface area contributed by atoms with Crippen molar-refractivity contribution < 1.29 is 19.8 Å². The Morgan fingerprint density at radius 2 is 1.14 bits per heavy atom. The number of aromatic hydroxyl groups is 2. The molecule has 6 rings (SSSR count). The highest BCUT2D eigenvalue weighted by Gasteiger charge is 2.41. The number of rotatable bonds is 2. The summed E-state index contributed by atoms with van der Waals surface area (Å²) in [5, 5.41) is 26.6. The highest BCUT2D eigenvalue weighted by molar-refractivity contribution is 6.02. The fourth-order valence-electron chi connectivity index (χ4n) is 5.56. The molecule has 10 heteroatoms. The lowest BCUT2D eigenvalue weighted by molar-refractivity contribution is 0.0681. The van der Waals surface area contributed by atoms with E-state index in [0.717, 1.165) is 74.4 Å². The van der Waals surface area contributed by atoms with E-state index in [0.29, 0.717) is 11.1 Å². The second-order valence-electron chi connectivity index (χ2n) is 9.30. The molecule has 0 bridgehead atoms. The van der Waals surface area contributed by atoms with E-state index < -0.39 is 0 Å². The monoisotopic (exact) mass is 536 g/mol. The number of phenolic OH excluding ortho intramolecular Hbond substituents is 2. The summed E-state index contributed by atoms with van der Waals surface area (Å²) in [6.07, 6.45) is 1.74. The van der Waals surface area contributed by atoms with Crippen LogP contribution in [0.1, 0.15) is 68.9 Å². The fraction of sp³-hybridized carbons (Fsp3) is 0.462.